The van der Waals surface area contributed by atoms with Crippen LogP contribution >= 0.6 is 23.2 Å². The molecule has 3 amide bonds. The third kappa shape index (κ3) is 3.08. The maximum absolute atomic E-state index is 12.6. The van der Waals surface area contributed by atoms with E-state index in [-0.39, 0.29) is 5.91 Å². The maximum atomic E-state index is 12.6. The molecule has 0 radical (unpaired) electrons. The van der Waals surface area contributed by atoms with Gasteiger partial charge in [-0.2, -0.15) is 5.10 Å². The number of hydrogen-bond acceptors (Lipinski definition) is 3. The summed E-state index contributed by atoms with van der Waals surface area (Å²) in [6.07, 6.45) is 4.57. The van der Waals surface area contributed by atoms with E-state index in [0.717, 1.165) is 17.9 Å². The van der Waals surface area contributed by atoms with Crippen molar-refractivity contribution in [3.8, 4) is 0 Å². The quantitative estimate of drug-likeness (QED) is 0.648. The monoisotopic (exact) mass is 353 g/mol. The number of nitrogens with one attached hydrogen (secondary N) is 1. The summed E-state index contributed by atoms with van der Waals surface area (Å²) >= 11 is 11.9. The van der Waals surface area contributed by atoms with Gasteiger partial charge in [-0.25, -0.2) is 4.79 Å². The predicted molar refractivity (Wildman–Crippen MR) is 89.8 cm³/mol. The molecule has 0 atom stereocenters. The molecule has 122 valence electrons. The van der Waals surface area contributed by atoms with Gasteiger partial charge in [0.15, 0.2) is 0 Å². The second-order valence-corrected chi connectivity index (χ2v) is 7.07. The van der Waals surface area contributed by atoms with E-state index in [0.29, 0.717) is 34.4 Å². The van der Waals surface area contributed by atoms with Crippen LogP contribution in [-0.2, 0) is 4.79 Å². The van der Waals surface area contributed by atoms with Gasteiger partial charge in [-0.3, -0.25) is 4.79 Å². The van der Waals surface area contributed by atoms with Gasteiger partial charge in [0.2, 0.25) is 0 Å². The summed E-state index contributed by atoms with van der Waals surface area (Å²) in [7, 11) is 0. The lowest BCUT2D eigenvalue weighted by Crippen LogP contribution is -2.49. The van der Waals surface area contributed by atoms with E-state index in [9.17, 15) is 9.59 Å². The van der Waals surface area contributed by atoms with E-state index in [1.165, 1.54) is 6.21 Å². The Hall–Kier alpha value is -1.59. The van der Waals surface area contributed by atoms with Gasteiger partial charge in [0.25, 0.3) is 5.91 Å². The lowest BCUT2D eigenvalue weighted by molar-refractivity contribution is -0.132. The van der Waals surface area contributed by atoms with Crippen LogP contribution in [0, 0.1) is 5.92 Å². The number of benzene rings is 1. The third-order valence-electron chi connectivity index (χ3n) is 4.54. The molecule has 23 heavy (non-hydrogen) atoms. The summed E-state index contributed by atoms with van der Waals surface area (Å²) in [6, 6.07) is 4.46. The molecule has 1 aliphatic heterocycles. The van der Waals surface area contributed by atoms with Crippen molar-refractivity contribution in [2.24, 2.45) is 11.0 Å². The average Bonchev–Trinajstić information content (AvgIpc) is 2.73. The first-order valence-electron chi connectivity index (χ1n) is 7.57. The van der Waals surface area contributed by atoms with Crippen LogP contribution in [0.1, 0.15) is 38.2 Å². The molecule has 3 rings (SSSR count). The molecule has 2 fully saturated rings. The number of hydrazone groups is 1. The van der Waals surface area contributed by atoms with Crippen molar-refractivity contribution in [3.05, 3.63) is 33.8 Å². The van der Waals surface area contributed by atoms with Crippen LogP contribution in [0.2, 0.25) is 10.0 Å². The van der Waals surface area contributed by atoms with Gasteiger partial charge in [0, 0.05) is 10.6 Å². The highest BCUT2D eigenvalue weighted by atomic mass is 35.5. The molecule has 0 bridgehead atoms. The molecule has 2 aliphatic rings. The Morgan fingerprint density at radius 1 is 1.30 bits per heavy atom. The fourth-order valence-corrected chi connectivity index (χ4v) is 3.49. The number of rotatable bonds is 2. The highest BCUT2D eigenvalue weighted by Gasteiger charge is 2.52. The molecule has 5 nitrogen and oxygen atoms in total. The Kier molecular flexibility index (Phi) is 4.34. The van der Waals surface area contributed by atoms with Crippen molar-refractivity contribution in [1.82, 2.24) is 10.3 Å². The summed E-state index contributed by atoms with van der Waals surface area (Å²) in [4.78, 5) is 24.8. The van der Waals surface area contributed by atoms with Crippen molar-refractivity contribution in [2.45, 2.75) is 38.1 Å². The number of urea groups is 1. The number of nitrogens with zero attached hydrogens (tertiary/aromatic N) is 2. The summed E-state index contributed by atoms with van der Waals surface area (Å²) in [6.45, 7) is 2.16. The first kappa shape index (κ1) is 16.3. The van der Waals surface area contributed by atoms with Crippen molar-refractivity contribution < 1.29 is 9.59 Å². The van der Waals surface area contributed by atoms with Crippen molar-refractivity contribution >= 4 is 41.4 Å². The van der Waals surface area contributed by atoms with Crippen LogP contribution in [0.3, 0.4) is 0 Å². The van der Waals surface area contributed by atoms with Crippen molar-refractivity contribution in [2.75, 3.05) is 0 Å². The number of carbonyl (C=O) groups is 2. The van der Waals surface area contributed by atoms with E-state index in [1.54, 1.807) is 18.2 Å². The van der Waals surface area contributed by atoms with Crippen LogP contribution in [0.5, 0.6) is 0 Å². The minimum absolute atomic E-state index is 0.282. The van der Waals surface area contributed by atoms with Gasteiger partial charge in [0.1, 0.15) is 5.54 Å². The van der Waals surface area contributed by atoms with E-state index in [2.05, 4.69) is 17.3 Å². The van der Waals surface area contributed by atoms with E-state index < -0.39 is 11.6 Å². The summed E-state index contributed by atoms with van der Waals surface area (Å²) in [5.74, 6) is 0.298. The largest absolute Gasteiger partial charge is 0.346 e. The zero-order valence-corrected chi connectivity index (χ0v) is 14.2. The lowest BCUT2D eigenvalue weighted by Gasteiger charge is -2.33. The Labute approximate surface area is 144 Å². The first-order valence-corrected chi connectivity index (χ1v) is 8.33. The topological polar surface area (TPSA) is 61.8 Å². The van der Waals surface area contributed by atoms with Gasteiger partial charge in [-0.05, 0) is 43.7 Å². The smallest absolute Gasteiger partial charge is 0.321 e. The van der Waals surface area contributed by atoms with E-state index in [4.69, 9.17) is 23.2 Å². The van der Waals surface area contributed by atoms with E-state index in [1.807, 2.05) is 0 Å². The molecule has 0 aromatic heterocycles. The number of hydrogen-bond donors (Lipinski definition) is 1. The normalized spacial score (nSPS) is 28.0. The first-order chi connectivity index (χ1) is 10.9. The summed E-state index contributed by atoms with van der Waals surface area (Å²) in [5.41, 5.74) is -0.194. The molecule has 1 saturated heterocycles. The molecular formula is C16H17Cl2N3O2. The summed E-state index contributed by atoms with van der Waals surface area (Å²) < 4.78 is 0. The molecular weight excluding hydrogens is 337 g/mol. The van der Waals surface area contributed by atoms with Gasteiger partial charge in [-0.15, -0.1) is 5.01 Å². The van der Waals surface area contributed by atoms with Crippen LogP contribution in [0.4, 0.5) is 4.79 Å². The molecule has 1 heterocycles. The fourth-order valence-electron chi connectivity index (χ4n) is 3.03. The molecule has 1 saturated carbocycles. The predicted octanol–water partition coefficient (Wildman–Crippen LogP) is 3.83. The second kappa shape index (κ2) is 6.13. The Morgan fingerprint density at radius 2 is 2.00 bits per heavy atom. The number of amides is 3. The lowest BCUT2D eigenvalue weighted by atomic mass is 9.77. The highest BCUT2D eigenvalue weighted by molar-refractivity contribution is 6.36. The van der Waals surface area contributed by atoms with E-state index >= 15 is 0 Å². The van der Waals surface area contributed by atoms with Crippen LogP contribution < -0.4 is 5.32 Å². The third-order valence-corrected chi connectivity index (χ3v) is 5.11. The van der Waals surface area contributed by atoms with Crippen LogP contribution in [0.15, 0.2) is 23.3 Å². The SMILES string of the molecule is CC1CCC2(CC1)NC(=O)N(/N=C\c1ccc(Cl)cc1Cl)C2=O. The Bertz CT molecular complexity index is 682. The minimum Gasteiger partial charge on any atom is -0.321 e. The minimum atomic E-state index is -0.787. The molecule has 7 heteroatoms. The molecule has 1 aromatic carbocycles. The van der Waals surface area contributed by atoms with Crippen molar-refractivity contribution in [1.29, 1.82) is 0 Å². The Morgan fingerprint density at radius 3 is 2.65 bits per heavy atom. The summed E-state index contributed by atoms with van der Waals surface area (Å²) in [5, 5.41) is 8.68. The zero-order valence-electron chi connectivity index (χ0n) is 12.7. The maximum Gasteiger partial charge on any atom is 0.346 e. The molecule has 1 N–H and O–H groups in total. The number of imide groups is 1. The number of halogens is 2. The molecule has 1 aromatic rings. The molecule has 1 spiro atoms. The van der Waals surface area contributed by atoms with Crippen LogP contribution in [0.25, 0.3) is 0 Å². The Balaban J connectivity index is 1.79. The van der Waals surface area contributed by atoms with Gasteiger partial charge in [-0.1, -0.05) is 36.2 Å². The highest BCUT2D eigenvalue weighted by Crippen LogP contribution is 2.36. The van der Waals surface area contributed by atoms with Crippen molar-refractivity contribution in [3.63, 3.8) is 0 Å². The zero-order chi connectivity index (χ0) is 16.6. The number of carbonyl (C=O) groups excluding carboxylic acids is 2. The van der Waals surface area contributed by atoms with Gasteiger partial charge < -0.3 is 5.32 Å². The molecule has 1 aliphatic carbocycles. The van der Waals surface area contributed by atoms with Gasteiger partial charge in [0.05, 0.1) is 11.2 Å². The van der Waals surface area contributed by atoms with Crippen LogP contribution in [-0.4, -0.2) is 28.7 Å². The average molecular weight is 354 g/mol. The second-order valence-electron chi connectivity index (χ2n) is 6.22. The fraction of sp³-hybridized carbons (Fsp3) is 0.438. The van der Waals surface area contributed by atoms with Gasteiger partial charge >= 0.3 is 6.03 Å². The molecule has 0 unspecified atom stereocenters. The standard InChI is InChI=1S/C16H17Cl2N3O2/c1-10-4-6-16(7-5-10)14(22)21(15(23)20-16)19-9-11-2-3-12(17)8-13(11)18/h2-3,8-10H,4-7H2,1H3,(H,20,23)/b19-9-.